The lowest BCUT2D eigenvalue weighted by atomic mass is 9.87. The molecule has 2 aliphatic rings. The van der Waals surface area contributed by atoms with Gasteiger partial charge in [0.05, 0.1) is 0 Å². The van der Waals surface area contributed by atoms with Crippen LogP contribution in [0.15, 0.2) is 0 Å². The molecular weight excluding hydrogens is 226 g/mol. The summed E-state index contributed by atoms with van der Waals surface area (Å²) in [5.74, 6) is 0.952. The van der Waals surface area contributed by atoms with Gasteiger partial charge < -0.3 is 5.32 Å². The van der Waals surface area contributed by atoms with Crippen molar-refractivity contribution in [3.63, 3.8) is 0 Å². The van der Waals surface area contributed by atoms with Crippen LogP contribution in [0.2, 0.25) is 0 Å². The molecule has 0 aromatic rings. The fraction of sp³-hybridized carbons (Fsp3) is 1.00. The molecule has 3 unspecified atom stereocenters. The van der Waals surface area contributed by atoms with Gasteiger partial charge in [-0.3, -0.25) is 0 Å². The first-order valence-corrected chi connectivity index (χ1v) is 8.62. The molecule has 2 fully saturated rings. The smallest absolute Gasteiger partial charge is 0.0206 e. The molecule has 0 amide bonds. The summed E-state index contributed by atoms with van der Waals surface area (Å²) >= 11 is 2.33. The van der Waals surface area contributed by atoms with Gasteiger partial charge in [-0.05, 0) is 51.0 Å². The summed E-state index contributed by atoms with van der Waals surface area (Å²) in [6, 6.07) is 0.803. The van der Waals surface area contributed by atoms with Crippen molar-refractivity contribution in [1.82, 2.24) is 5.32 Å². The van der Waals surface area contributed by atoms with Crippen molar-refractivity contribution in [1.29, 1.82) is 0 Å². The minimum absolute atomic E-state index is 0.803. The second-order valence-electron chi connectivity index (χ2n) is 6.06. The van der Waals surface area contributed by atoms with E-state index in [1.807, 2.05) is 0 Å². The largest absolute Gasteiger partial charge is 0.313 e. The zero-order valence-electron chi connectivity index (χ0n) is 11.6. The number of hydrogen-bond acceptors (Lipinski definition) is 2. The van der Waals surface area contributed by atoms with E-state index in [9.17, 15) is 0 Å². The van der Waals surface area contributed by atoms with E-state index in [4.69, 9.17) is 0 Å². The van der Waals surface area contributed by atoms with Crippen molar-refractivity contribution in [3.8, 4) is 0 Å². The van der Waals surface area contributed by atoms with Crippen LogP contribution in [0.25, 0.3) is 0 Å². The average molecular weight is 255 g/mol. The first-order chi connectivity index (χ1) is 8.29. The van der Waals surface area contributed by atoms with E-state index in [-0.39, 0.29) is 0 Å². The molecule has 2 rings (SSSR count). The van der Waals surface area contributed by atoms with E-state index in [0.717, 1.165) is 22.5 Å². The Balaban J connectivity index is 1.83. The van der Waals surface area contributed by atoms with Crippen molar-refractivity contribution in [2.45, 2.75) is 81.8 Å². The molecular formula is C15H29NS. The summed E-state index contributed by atoms with van der Waals surface area (Å²) in [7, 11) is 0. The van der Waals surface area contributed by atoms with E-state index in [1.54, 1.807) is 0 Å². The highest BCUT2D eigenvalue weighted by Gasteiger charge is 2.31. The third-order valence-electron chi connectivity index (χ3n) is 4.38. The van der Waals surface area contributed by atoms with Crippen LogP contribution in [0.1, 0.15) is 65.2 Å². The van der Waals surface area contributed by atoms with Gasteiger partial charge in [0.15, 0.2) is 0 Å². The Morgan fingerprint density at radius 3 is 2.59 bits per heavy atom. The highest BCUT2D eigenvalue weighted by Crippen LogP contribution is 2.39. The van der Waals surface area contributed by atoms with E-state index >= 15 is 0 Å². The zero-order chi connectivity index (χ0) is 12.1. The number of rotatable bonds is 5. The number of nitrogens with one attached hydrogen (secondary N) is 1. The Bertz CT molecular complexity index is 211. The second kappa shape index (κ2) is 7.04. The molecule has 0 heterocycles. The summed E-state index contributed by atoms with van der Waals surface area (Å²) in [6.45, 7) is 5.93. The fourth-order valence-corrected chi connectivity index (χ4v) is 5.28. The number of hydrogen-bond donors (Lipinski definition) is 1. The summed E-state index contributed by atoms with van der Waals surface area (Å²) in [5.41, 5.74) is 0. The van der Waals surface area contributed by atoms with Gasteiger partial charge in [0.1, 0.15) is 0 Å². The lowest BCUT2D eigenvalue weighted by molar-refractivity contribution is 0.317. The minimum Gasteiger partial charge on any atom is -0.313 e. The predicted octanol–water partition coefficient (Wildman–Crippen LogP) is 4.22. The van der Waals surface area contributed by atoms with E-state index in [0.29, 0.717) is 0 Å². The maximum Gasteiger partial charge on any atom is 0.0206 e. The Morgan fingerprint density at radius 1 is 1.12 bits per heavy atom. The molecule has 1 N–H and O–H groups in total. The van der Waals surface area contributed by atoms with Crippen molar-refractivity contribution >= 4 is 11.8 Å². The molecule has 0 bridgehead atoms. The molecule has 2 saturated carbocycles. The predicted molar refractivity (Wildman–Crippen MR) is 78.7 cm³/mol. The first kappa shape index (κ1) is 13.7. The third kappa shape index (κ3) is 4.17. The zero-order valence-corrected chi connectivity index (χ0v) is 12.4. The van der Waals surface area contributed by atoms with Gasteiger partial charge in [0.25, 0.3) is 0 Å². The maximum absolute atomic E-state index is 3.80. The van der Waals surface area contributed by atoms with Crippen LogP contribution in [0, 0.1) is 5.92 Å². The molecule has 3 atom stereocenters. The van der Waals surface area contributed by atoms with Gasteiger partial charge in [-0.1, -0.05) is 26.7 Å². The summed E-state index contributed by atoms with van der Waals surface area (Å²) in [5, 5.41) is 5.67. The second-order valence-corrected chi connectivity index (χ2v) is 7.60. The monoisotopic (exact) mass is 255 g/mol. The third-order valence-corrected chi connectivity index (χ3v) is 6.11. The van der Waals surface area contributed by atoms with Gasteiger partial charge >= 0.3 is 0 Å². The van der Waals surface area contributed by atoms with E-state index < -0.39 is 0 Å². The molecule has 1 nitrogen and oxygen atoms in total. The van der Waals surface area contributed by atoms with Gasteiger partial charge in [0.2, 0.25) is 0 Å². The molecule has 17 heavy (non-hydrogen) atoms. The Kier molecular flexibility index (Phi) is 5.68. The Hall–Kier alpha value is 0.310. The van der Waals surface area contributed by atoms with Crippen LogP contribution in [0.3, 0.4) is 0 Å². The van der Waals surface area contributed by atoms with Crippen molar-refractivity contribution in [2.75, 3.05) is 6.54 Å². The highest BCUT2D eigenvalue weighted by molar-refractivity contribution is 8.00. The van der Waals surface area contributed by atoms with Crippen LogP contribution in [0.5, 0.6) is 0 Å². The van der Waals surface area contributed by atoms with Crippen molar-refractivity contribution in [2.24, 2.45) is 5.92 Å². The average Bonchev–Trinajstić information content (AvgIpc) is 2.81. The summed E-state index contributed by atoms with van der Waals surface area (Å²) in [6.07, 6.45) is 11.5. The van der Waals surface area contributed by atoms with Gasteiger partial charge in [-0.15, -0.1) is 0 Å². The topological polar surface area (TPSA) is 12.0 Å². The van der Waals surface area contributed by atoms with Gasteiger partial charge in [-0.2, -0.15) is 11.8 Å². The van der Waals surface area contributed by atoms with Crippen LogP contribution in [-0.4, -0.2) is 23.1 Å². The highest BCUT2D eigenvalue weighted by atomic mass is 32.2. The maximum atomic E-state index is 3.80. The van der Waals surface area contributed by atoms with Crippen LogP contribution in [0.4, 0.5) is 0 Å². The number of thioether (sulfide) groups is 1. The summed E-state index contributed by atoms with van der Waals surface area (Å²) in [4.78, 5) is 0. The van der Waals surface area contributed by atoms with Crippen molar-refractivity contribution < 1.29 is 0 Å². The molecule has 0 radical (unpaired) electrons. The fourth-order valence-electron chi connectivity index (χ4n) is 3.31. The van der Waals surface area contributed by atoms with Crippen LogP contribution < -0.4 is 5.32 Å². The normalized spacial score (nSPS) is 35.3. The van der Waals surface area contributed by atoms with Crippen LogP contribution >= 0.6 is 11.8 Å². The Labute approximate surface area is 112 Å². The molecule has 0 aromatic heterocycles. The molecule has 0 aliphatic heterocycles. The lowest BCUT2D eigenvalue weighted by Crippen LogP contribution is -2.43. The Morgan fingerprint density at radius 2 is 1.88 bits per heavy atom. The molecule has 100 valence electrons. The minimum atomic E-state index is 0.803. The SMILES string of the molecule is CCCNC1CCC(C)CC1SC1CCCC1. The quantitative estimate of drug-likeness (QED) is 0.789. The molecule has 0 aromatic carbocycles. The first-order valence-electron chi connectivity index (χ1n) is 7.68. The van der Waals surface area contributed by atoms with Crippen LogP contribution in [-0.2, 0) is 0 Å². The van der Waals surface area contributed by atoms with Gasteiger partial charge in [-0.25, -0.2) is 0 Å². The molecule has 0 spiro atoms. The van der Waals surface area contributed by atoms with E-state index in [1.165, 1.54) is 57.9 Å². The van der Waals surface area contributed by atoms with Crippen molar-refractivity contribution in [3.05, 3.63) is 0 Å². The lowest BCUT2D eigenvalue weighted by Gasteiger charge is -2.36. The van der Waals surface area contributed by atoms with Gasteiger partial charge in [0, 0.05) is 16.5 Å². The molecule has 0 saturated heterocycles. The molecule has 2 heteroatoms. The van der Waals surface area contributed by atoms with E-state index in [2.05, 4.69) is 30.9 Å². The summed E-state index contributed by atoms with van der Waals surface area (Å²) < 4.78 is 0. The molecule has 2 aliphatic carbocycles. The standard InChI is InChI=1S/C15H29NS/c1-3-10-16-14-9-8-12(2)11-15(14)17-13-6-4-5-7-13/h12-16H,3-11H2,1-2H3.